The second-order valence-corrected chi connectivity index (χ2v) is 5.22. The topological polar surface area (TPSA) is 67.2 Å². The van der Waals surface area contributed by atoms with Gasteiger partial charge < -0.3 is 15.0 Å². The summed E-state index contributed by atoms with van der Waals surface area (Å²) in [5, 5.41) is 12.6. The van der Waals surface area contributed by atoms with E-state index in [1.54, 1.807) is 4.57 Å². The van der Waals surface area contributed by atoms with E-state index in [0.717, 1.165) is 5.69 Å². The first-order valence-electron chi connectivity index (χ1n) is 6.62. The Kier molecular flexibility index (Phi) is 4.01. The number of aromatic carboxylic acids is 1. The van der Waals surface area contributed by atoms with Crippen molar-refractivity contribution in [2.75, 3.05) is 0 Å². The number of rotatable bonds is 5. The molecule has 5 heteroatoms. The van der Waals surface area contributed by atoms with Crippen LogP contribution in [0.25, 0.3) is 0 Å². The fraction of sp³-hybridized carbons (Fsp3) is 0.692. The minimum Gasteiger partial charge on any atom is -0.475 e. The van der Waals surface area contributed by atoms with Gasteiger partial charge in [-0.15, -0.1) is 0 Å². The largest absolute Gasteiger partial charge is 0.475 e. The lowest BCUT2D eigenvalue weighted by molar-refractivity contribution is 0.0676. The lowest BCUT2D eigenvalue weighted by Crippen LogP contribution is -2.25. The molecule has 1 fully saturated rings. The van der Waals surface area contributed by atoms with Gasteiger partial charge in [0.05, 0.1) is 5.69 Å². The number of carboxylic acids is 1. The van der Waals surface area contributed by atoms with Crippen LogP contribution >= 0.6 is 0 Å². The predicted octanol–water partition coefficient (Wildman–Crippen LogP) is 2.19. The SMILES string of the molecule is CC(C)n1cc(CNC2CCCC2)nc1C(=O)O. The molecular formula is C13H21N3O2. The van der Waals surface area contributed by atoms with E-state index in [9.17, 15) is 4.79 Å². The van der Waals surface area contributed by atoms with Crippen LogP contribution in [-0.2, 0) is 6.54 Å². The third-order valence-electron chi connectivity index (χ3n) is 3.46. The molecule has 0 aliphatic heterocycles. The van der Waals surface area contributed by atoms with Crippen LogP contribution < -0.4 is 5.32 Å². The molecule has 1 aromatic rings. The van der Waals surface area contributed by atoms with Crippen molar-refractivity contribution in [1.29, 1.82) is 0 Å². The van der Waals surface area contributed by atoms with Crippen LogP contribution in [0.2, 0.25) is 0 Å². The van der Waals surface area contributed by atoms with Crippen molar-refractivity contribution in [1.82, 2.24) is 14.9 Å². The number of aromatic nitrogens is 2. The minimum absolute atomic E-state index is 0.115. The predicted molar refractivity (Wildman–Crippen MR) is 68.7 cm³/mol. The lowest BCUT2D eigenvalue weighted by atomic mass is 10.2. The summed E-state index contributed by atoms with van der Waals surface area (Å²) >= 11 is 0. The number of hydrogen-bond donors (Lipinski definition) is 2. The second-order valence-electron chi connectivity index (χ2n) is 5.22. The maximum Gasteiger partial charge on any atom is 0.372 e. The average molecular weight is 251 g/mol. The molecule has 1 aromatic heterocycles. The van der Waals surface area contributed by atoms with Gasteiger partial charge in [0.25, 0.3) is 0 Å². The Hall–Kier alpha value is -1.36. The Morgan fingerprint density at radius 3 is 2.72 bits per heavy atom. The van der Waals surface area contributed by atoms with Crippen LogP contribution in [0.3, 0.4) is 0 Å². The maximum atomic E-state index is 11.1. The highest BCUT2D eigenvalue weighted by Crippen LogP contribution is 2.18. The smallest absolute Gasteiger partial charge is 0.372 e. The first-order chi connectivity index (χ1) is 8.58. The highest BCUT2D eigenvalue weighted by molar-refractivity contribution is 5.83. The van der Waals surface area contributed by atoms with Gasteiger partial charge in [-0.25, -0.2) is 9.78 Å². The number of carbonyl (C=O) groups is 1. The summed E-state index contributed by atoms with van der Waals surface area (Å²) in [6.07, 6.45) is 6.86. The van der Waals surface area contributed by atoms with Crippen molar-refractivity contribution in [3.05, 3.63) is 17.7 Å². The van der Waals surface area contributed by atoms with E-state index in [0.29, 0.717) is 12.6 Å². The summed E-state index contributed by atoms with van der Waals surface area (Å²) in [4.78, 5) is 15.3. The summed E-state index contributed by atoms with van der Waals surface area (Å²) in [6, 6.07) is 0.686. The molecule has 0 saturated heterocycles. The Bertz CT molecular complexity index is 420. The fourth-order valence-corrected chi connectivity index (χ4v) is 2.46. The molecule has 100 valence electrons. The molecule has 0 aromatic carbocycles. The number of imidazole rings is 1. The molecule has 0 unspecified atom stereocenters. The number of nitrogens with one attached hydrogen (secondary N) is 1. The van der Waals surface area contributed by atoms with Crippen molar-refractivity contribution < 1.29 is 9.90 Å². The molecule has 0 atom stereocenters. The van der Waals surface area contributed by atoms with E-state index in [1.807, 2.05) is 20.0 Å². The van der Waals surface area contributed by atoms with Crippen LogP contribution in [0.15, 0.2) is 6.20 Å². The van der Waals surface area contributed by atoms with Crippen molar-refractivity contribution in [3.8, 4) is 0 Å². The van der Waals surface area contributed by atoms with E-state index in [4.69, 9.17) is 5.11 Å². The molecular weight excluding hydrogens is 230 g/mol. The standard InChI is InChI=1S/C13H21N3O2/c1-9(2)16-8-11(15-12(16)13(17)18)7-14-10-5-3-4-6-10/h8-10,14H,3-7H2,1-2H3,(H,17,18). The molecule has 18 heavy (non-hydrogen) atoms. The van der Waals surface area contributed by atoms with Gasteiger partial charge in [0.1, 0.15) is 0 Å². The Balaban J connectivity index is 2.04. The van der Waals surface area contributed by atoms with Crippen molar-refractivity contribution >= 4 is 5.97 Å². The molecule has 1 heterocycles. The van der Waals surface area contributed by atoms with E-state index in [2.05, 4.69) is 10.3 Å². The maximum absolute atomic E-state index is 11.1. The summed E-state index contributed by atoms with van der Waals surface area (Å²) < 4.78 is 1.72. The van der Waals surface area contributed by atoms with Gasteiger partial charge in [-0.05, 0) is 26.7 Å². The molecule has 0 bridgehead atoms. The third-order valence-corrected chi connectivity index (χ3v) is 3.46. The van der Waals surface area contributed by atoms with Gasteiger partial charge in [0, 0.05) is 24.8 Å². The number of nitrogens with zero attached hydrogens (tertiary/aromatic N) is 2. The lowest BCUT2D eigenvalue weighted by Gasteiger charge is -2.09. The van der Waals surface area contributed by atoms with Crippen LogP contribution in [0.5, 0.6) is 0 Å². The van der Waals surface area contributed by atoms with E-state index in [1.165, 1.54) is 25.7 Å². The highest BCUT2D eigenvalue weighted by atomic mass is 16.4. The van der Waals surface area contributed by atoms with E-state index in [-0.39, 0.29) is 11.9 Å². The van der Waals surface area contributed by atoms with Gasteiger partial charge in [-0.2, -0.15) is 0 Å². The van der Waals surface area contributed by atoms with Gasteiger partial charge in [-0.3, -0.25) is 0 Å². The van der Waals surface area contributed by atoms with Gasteiger partial charge >= 0.3 is 5.97 Å². The number of carboxylic acid groups (broad SMARTS) is 1. The summed E-state index contributed by atoms with van der Waals surface area (Å²) in [6.45, 7) is 4.58. The molecule has 1 aliphatic rings. The molecule has 1 saturated carbocycles. The molecule has 0 amide bonds. The van der Waals surface area contributed by atoms with Crippen LogP contribution in [0.4, 0.5) is 0 Å². The Morgan fingerprint density at radius 2 is 2.22 bits per heavy atom. The zero-order chi connectivity index (χ0) is 13.1. The molecule has 2 N–H and O–H groups in total. The van der Waals surface area contributed by atoms with Crippen molar-refractivity contribution in [2.24, 2.45) is 0 Å². The molecule has 0 spiro atoms. The van der Waals surface area contributed by atoms with Crippen molar-refractivity contribution in [3.63, 3.8) is 0 Å². The van der Waals surface area contributed by atoms with E-state index < -0.39 is 5.97 Å². The van der Waals surface area contributed by atoms with Gasteiger partial charge in [-0.1, -0.05) is 12.8 Å². The first kappa shape index (κ1) is 13.1. The summed E-state index contributed by atoms with van der Waals surface area (Å²) in [5.74, 6) is -0.830. The van der Waals surface area contributed by atoms with Crippen LogP contribution in [0.1, 0.15) is 61.9 Å². The van der Waals surface area contributed by atoms with Gasteiger partial charge in [0.2, 0.25) is 5.82 Å². The Morgan fingerprint density at radius 1 is 1.56 bits per heavy atom. The second kappa shape index (κ2) is 5.52. The third kappa shape index (κ3) is 2.90. The number of hydrogen-bond acceptors (Lipinski definition) is 3. The normalized spacial score (nSPS) is 16.6. The molecule has 0 radical (unpaired) electrons. The molecule has 5 nitrogen and oxygen atoms in total. The highest BCUT2D eigenvalue weighted by Gasteiger charge is 2.18. The Labute approximate surface area is 107 Å². The quantitative estimate of drug-likeness (QED) is 0.841. The van der Waals surface area contributed by atoms with Crippen molar-refractivity contribution in [2.45, 2.75) is 58.2 Å². The van der Waals surface area contributed by atoms with Crippen LogP contribution in [0, 0.1) is 0 Å². The van der Waals surface area contributed by atoms with Gasteiger partial charge in [0.15, 0.2) is 0 Å². The fourth-order valence-electron chi connectivity index (χ4n) is 2.46. The zero-order valence-electron chi connectivity index (χ0n) is 11.0. The van der Waals surface area contributed by atoms with Crippen LogP contribution in [-0.4, -0.2) is 26.7 Å². The molecule has 1 aliphatic carbocycles. The summed E-state index contributed by atoms with van der Waals surface area (Å²) in [7, 11) is 0. The van der Waals surface area contributed by atoms with E-state index >= 15 is 0 Å². The minimum atomic E-state index is -0.962. The first-order valence-corrected chi connectivity index (χ1v) is 6.62. The summed E-state index contributed by atoms with van der Waals surface area (Å²) in [5.41, 5.74) is 0.813. The molecule has 2 rings (SSSR count). The average Bonchev–Trinajstić information content (AvgIpc) is 2.95. The zero-order valence-corrected chi connectivity index (χ0v) is 11.0. The monoisotopic (exact) mass is 251 g/mol.